The summed E-state index contributed by atoms with van der Waals surface area (Å²) in [7, 11) is 0. The second-order valence-corrected chi connectivity index (χ2v) is 19.6. The first-order valence-electron chi connectivity index (χ1n) is 22.3. The quantitative estimate of drug-likeness (QED) is 0.160. The molecule has 0 unspecified atom stereocenters. The van der Waals surface area contributed by atoms with Crippen molar-refractivity contribution in [3.8, 4) is 22.3 Å². The molecule has 0 aliphatic heterocycles. The van der Waals surface area contributed by atoms with Crippen molar-refractivity contribution < 1.29 is 0 Å². The van der Waals surface area contributed by atoms with Gasteiger partial charge in [0.15, 0.2) is 0 Å². The molecule has 294 valence electrons. The molecule has 4 bridgehead atoms. The van der Waals surface area contributed by atoms with Crippen LogP contribution in [-0.2, 0) is 10.8 Å². The predicted molar refractivity (Wildman–Crippen MR) is 254 cm³/mol. The summed E-state index contributed by atoms with van der Waals surface area (Å²) in [6.07, 6.45) is 10.7. The average molecular weight is 803 g/mol. The van der Waals surface area contributed by atoms with Crippen molar-refractivity contribution in [2.75, 3.05) is 4.90 Å². The molecular weight excluding hydrogens is 757 g/mol. The van der Waals surface area contributed by atoms with E-state index in [-0.39, 0.29) is 0 Å². The number of pyridine rings is 1. The van der Waals surface area contributed by atoms with Gasteiger partial charge in [-0.3, -0.25) is 4.90 Å². The van der Waals surface area contributed by atoms with Gasteiger partial charge in [-0.1, -0.05) is 146 Å². The molecule has 0 amide bonds. The lowest BCUT2D eigenvalue weighted by atomic mass is 9.48. The van der Waals surface area contributed by atoms with Crippen LogP contribution in [0.2, 0.25) is 0 Å². The van der Waals surface area contributed by atoms with Crippen molar-refractivity contribution in [2.45, 2.75) is 49.4 Å². The van der Waals surface area contributed by atoms with E-state index >= 15 is 0 Å². The van der Waals surface area contributed by atoms with Gasteiger partial charge < -0.3 is 0 Å². The average Bonchev–Trinajstić information content (AvgIpc) is 3.83. The van der Waals surface area contributed by atoms with Crippen LogP contribution in [0.5, 0.6) is 0 Å². The number of benzene rings is 7. The van der Waals surface area contributed by atoms with Crippen molar-refractivity contribution in [3.05, 3.63) is 216 Å². The van der Waals surface area contributed by atoms with E-state index in [1.807, 2.05) is 11.3 Å². The van der Waals surface area contributed by atoms with Gasteiger partial charge in [0.25, 0.3) is 0 Å². The van der Waals surface area contributed by atoms with Gasteiger partial charge >= 0.3 is 0 Å². The summed E-state index contributed by atoms with van der Waals surface area (Å²) in [5.41, 5.74) is 13.9. The Morgan fingerprint density at radius 2 is 1.03 bits per heavy atom. The summed E-state index contributed by atoms with van der Waals surface area (Å²) in [5, 5.41) is 2.46. The van der Waals surface area contributed by atoms with E-state index < -0.39 is 5.41 Å². The van der Waals surface area contributed by atoms with E-state index in [4.69, 9.17) is 4.98 Å². The normalized spacial score (nSPS) is 21.7. The first-order valence-corrected chi connectivity index (χ1v) is 23.1. The largest absolute Gasteiger partial charge is 0.295 e. The fraction of sp³-hybridized carbons (Fsp3) is 0.190. The van der Waals surface area contributed by atoms with Crippen molar-refractivity contribution in [3.63, 3.8) is 0 Å². The van der Waals surface area contributed by atoms with Gasteiger partial charge in [0.05, 0.1) is 5.41 Å². The van der Waals surface area contributed by atoms with Gasteiger partial charge in [0.1, 0.15) is 5.82 Å². The Morgan fingerprint density at radius 3 is 1.72 bits per heavy atom. The van der Waals surface area contributed by atoms with Gasteiger partial charge in [0.2, 0.25) is 0 Å². The van der Waals surface area contributed by atoms with E-state index in [1.165, 1.54) is 103 Å². The molecule has 3 heteroatoms. The molecule has 4 saturated carbocycles. The third-order valence-electron chi connectivity index (χ3n) is 15.2. The zero-order chi connectivity index (χ0) is 40.1. The molecule has 0 atom stereocenters. The monoisotopic (exact) mass is 802 g/mol. The lowest BCUT2D eigenvalue weighted by molar-refractivity contribution is -0.00518. The molecule has 0 N–H and O–H groups in total. The molecule has 5 aliphatic rings. The van der Waals surface area contributed by atoms with Crippen LogP contribution in [-0.4, -0.2) is 4.98 Å². The maximum absolute atomic E-state index is 5.27. The molecule has 9 aromatic rings. The summed E-state index contributed by atoms with van der Waals surface area (Å²) in [5.74, 6) is 3.76. The lowest BCUT2D eigenvalue weighted by Gasteiger charge is -2.57. The minimum absolute atomic E-state index is 0.413. The Morgan fingerprint density at radius 1 is 0.459 bits per heavy atom. The van der Waals surface area contributed by atoms with Crippen molar-refractivity contribution in [2.24, 2.45) is 17.8 Å². The standard InChI is InChI=1S/C58H46N2S/c1-3-11-44(12-4-1)58(45-13-5-2-6-14-45)52-17-9-7-15-48(52)49-28-27-47(32-53(49)58)60(56-33-55-51(37-59-56)50-16-8-10-18-54(50)61-55)46-25-21-42(22-26-46)41-19-23-43(24-20-41)57-34-38-29-39(35-57)31-40(30-38)36-57/h1-28,32-33,37-40H,29-31,34-36H2. The second-order valence-electron chi connectivity index (χ2n) is 18.6. The number of anilines is 3. The van der Waals surface area contributed by atoms with Gasteiger partial charge in [-0.2, -0.15) is 0 Å². The Hall–Kier alpha value is -6.29. The van der Waals surface area contributed by atoms with Crippen LogP contribution in [0, 0.1) is 17.8 Å². The molecule has 0 spiro atoms. The maximum atomic E-state index is 5.27. The number of fused-ring (bicyclic) bond motifs is 6. The van der Waals surface area contributed by atoms with Crippen LogP contribution in [0.3, 0.4) is 0 Å². The van der Waals surface area contributed by atoms with Gasteiger partial charge in [-0.15, -0.1) is 11.3 Å². The summed E-state index contributed by atoms with van der Waals surface area (Å²) in [4.78, 5) is 7.64. The molecule has 7 aromatic carbocycles. The number of hydrogen-bond acceptors (Lipinski definition) is 3. The van der Waals surface area contributed by atoms with Crippen molar-refractivity contribution >= 4 is 48.7 Å². The fourth-order valence-corrected chi connectivity index (χ4v) is 14.1. The highest BCUT2D eigenvalue weighted by atomic mass is 32.1. The fourth-order valence-electron chi connectivity index (χ4n) is 13.0. The minimum Gasteiger partial charge on any atom is -0.295 e. The Balaban J connectivity index is 0.949. The van der Waals surface area contributed by atoms with Gasteiger partial charge in [-0.05, 0) is 148 Å². The highest BCUT2D eigenvalue weighted by Gasteiger charge is 2.51. The van der Waals surface area contributed by atoms with Crippen LogP contribution in [0.1, 0.15) is 66.3 Å². The summed E-state index contributed by atoms with van der Waals surface area (Å²) in [6.45, 7) is 0. The van der Waals surface area contributed by atoms with E-state index in [0.29, 0.717) is 5.41 Å². The molecule has 4 fully saturated rings. The van der Waals surface area contributed by atoms with Gasteiger partial charge in [0, 0.05) is 37.7 Å². The van der Waals surface area contributed by atoms with E-state index in [9.17, 15) is 0 Å². The molecule has 14 rings (SSSR count). The molecule has 61 heavy (non-hydrogen) atoms. The van der Waals surface area contributed by atoms with Gasteiger partial charge in [-0.25, -0.2) is 4.98 Å². The van der Waals surface area contributed by atoms with Crippen LogP contribution in [0.25, 0.3) is 42.4 Å². The lowest BCUT2D eigenvalue weighted by Crippen LogP contribution is -2.48. The number of rotatable bonds is 7. The Labute approximate surface area is 362 Å². The number of hydrogen-bond donors (Lipinski definition) is 0. The second kappa shape index (κ2) is 13.6. The third kappa shape index (κ3) is 5.42. The molecule has 2 nitrogen and oxygen atoms in total. The first kappa shape index (κ1) is 35.5. The number of nitrogens with zero attached hydrogens (tertiary/aromatic N) is 2. The van der Waals surface area contributed by atoms with E-state index in [2.05, 4.69) is 193 Å². The third-order valence-corrected chi connectivity index (χ3v) is 16.3. The highest BCUT2D eigenvalue weighted by Crippen LogP contribution is 2.61. The molecule has 0 radical (unpaired) electrons. The topological polar surface area (TPSA) is 16.1 Å². The van der Waals surface area contributed by atoms with Crippen LogP contribution in [0.4, 0.5) is 17.2 Å². The molecule has 5 aliphatic carbocycles. The first-order chi connectivity index (χ1) is 30.1. The van der Waals surface area contributed by atoms with E-state index in [0.717, 1.165) is 34.9 Å². The zero-order valence-electron chi connectivity index (χ0n) is 34.2. The molecular formula is C58H46N2S. The number of aromatic nitrogens is 1. The molecule has 2 aromatic heterocycles. The van der Waals surface area contributed by atoms with Crippen LogP contribution in [0.15, 0.2) is 188 Å². The van der Waals surface area contributed by atoms with Crippen molar-refractivity contribution in [1.29, 1.82) is 0 Å². The van der Waals surface area contributed by atoms with Crippen LogP contribution >= 0.6 is 11.3 Å². The van der Waals surface area contributed by atoms with E-state index in [1.54, 1.807) is 5.56 Å². The van der Waals surface area contributed by atoms with Crippen LogP contribution < -0.4 is 4.90 Å². The zero-order valence-corrected chi connectivity index (χ0v) is 35.0. The predicted octanol–water partition coefficient (Wildman–Crippen LogP) is 15.4. The molecule has 2 heterocycles. The maximum Gasteiger partial charge on any atom is 0.138 e. The summed E-state index contributed by atoms with van der Waals surface area (Å²) < 4.78 is 2.52. The Kier molecular flexibility index (Phi) is 7.91. The Bertz CT molecular complexity index is 3030. The SMILES string of the molecule is c1ccc(C2(c3ccccc3)c3ccccc3-c3ccc(N(c4ccc(-c5ccc(C67CC8CC(CC(C8)C6)C7)cc5)cc4)c4cc5sc6ccccc6c5cn4)cc32)cc1. The van der Waals surface area contributed by atoms with Crippen molar-refractivity contribution in [1.82, 2.24) is 4.98 Å². The highest BCUT2D eigenvalue weighted by molar-refractivity contribution is 7.25. The molecule has 0 saturated heterocycles. The summed E-state index contributed by atoms with van der Waals surface area (Å²) in [6, 6.07) is 68.2. The smallest absolute Gasteiger partial charge is 0.138 e. The summed E-state index contributed by atoms with van der Waals surface area (Å²) >= 11 is 1.84. The minimum atomic E-state index is -0.495. The number of thiophene rings is 1.